The van der Waals surface area contributed by atoms with Crippen LogP contribution in [0.1, 0.15) is 57.0 Å². The fourth-order valence-electron chi connectivity index (χ4n) is 4.70. The van der Waals surface area contributed by atoms with Crippen LogP contribution in [0.5, 0.6) is 0 Å². The zero-order chi connectivity index (χ0) is 27.4. The monoisotopic (exact) mass is 495 g/mol. The Balaban J connectivity index is 0.00000186. The Morgan fingerprint density at radius 2 is 1.73 bits per heavy atom. The predicted octanol–water partition coefficient (Wildman–Crippen LogP) is 8.77. The molecule has 2 aromatic carbocycles. The van der Waals surface area contributed by atoms with E-state index in [0.717, 1.165) is 57.0 Å². The van der Waals surface area contributed by atoms with Crippen LogP contribution < -0.4 is 10.2 Å². The van der Waals surface area contributed by atoms with Gasteiger partial charge >= 0.3 is 0 Å². The number of aromatic nitrogens is 3. The average molecular weight is 496 g/mol. The Kier molecular flexibility index (Phi) is 8.59. The molecule has 0 unspecified atom stereocenters. The van der Waals surface area contributed by atoms with E-state index in [1.165, 1.54) is 22.3 Å². The minimum Gasteiger partial charge on any atom is -0.359 e. The third kappa shape index (κ3) is 5.61. The van der Waals surface area contributed by atoms with E-state index in [1.807, 2.05) is 58.7 Å². The van der Waals surface area contributed by atoms with Crippen LogP contribution in [0.25, 0.3) is 22.0 Å². The first-order valence-electron chi connectivity index (χ1n) is 13.0. The number of fused-ring (bicyclic) bond motifs is 1. The Hall–Kier alpha value is -3.86. The molecule has 0 bridgehead atoms. The van der Waals surface area contributed by atoms with Crippen LogP contribution in [0.4, 0.5) is 17.1 Å². The quantitative estimate of drug-likeness (QED) is 0.278. The summed E-state index contributed by atoms with van der Waals surface area (Å²) in [6, 6.07) is 11.1. The Labute approximate surface area is 222 Å². The molecule has 5 heteroatoms. The van der Waals surface area contributed by atoms with Gasteiger partial charge in [-0.2, -0.15) is 5.10 Å². The third-order valence-corrected chi connectivity index (χ3v) is 6.36. The number of rotatable bonds is 7. The van der Waals surface area contributed by atoms with Crippen LogP contribution >= 0.6 is 0 Å². The maximum Gasteiger partial charge on any atom is 0.0870 e. The summed E-state index contributed by atoms with van der Waals surface area (Å²) in [7, 11) is 1.95. The van der Waals surface area contributed by atoms with Gasteiger partial charge in [0.1, 0.15) is 0 Å². The van der Waals surface area contributed by atoms with E-state index in [-0.39, 0.29) is 0 Å². The summed E-state index contributed by atoms with van der Waals surface area (Å²) in [5.74, 6) is 0. The zero-order valence-electron chi connectivity index (χ0n) is 24.0. The molecule has 0 amide bonds. The average Bonchev–Trinajstić information content (AvgIpc) is 3.19. The van der Waals surface area contributed by atoms with Gasteiger partial charge in [0.15, 0.2) is 0 Å². The van der Waals surface area contributed by atoms with Crippen molar-refractivity contribution in [3.05, 3.63) is 89.7 Å². The van der Waals surface area contributed by atoms with Crippen molar-refractivity contribution in [2.45, 2.75) is 61.8 Å². The van der Waals surface area contributed by atoms with E-state index in [1.54, 1.807) is 0 Å². The van der Waals surface area contributed by atoms with E-state index in [0.29, 0.717) is 0 Å². The van der Waals surface area contributed by atoms with Gasteiger partial charge in [-0.15, -0.1) is 0 Å². The van der Waals surface area contributed by atoms with E-state index in [2.05, 4.69) is 79.6 Å². The summed E-state index contributed by atoms with van der Waals surface area (Å²) >= 11 is 0. The van der Waals surface area contributed by atoms with Crippen LogP contribution in [0.2, 0.25) is 0 Å². The lowest BCUT2D eigenvalue weighted by atomic mass is 9.93. The third-order valence-electron chi connectivity index (χ3n) is 6.36. The summed E-state index contributed by atoms with van der Waals surface area (Å²) in [6.45, 7) is 24.8. The van der Waals surface area contributed by atoms with E-state index in [9.17, 15) is 0 Å². The summed E-state index contributed by atoms with van der Waals surface area (Å²) in [5, 5.41) is 9.09. The molecular weight excluding hydrogens is 454 g/mol. The number of pyridine rings is 1. The van der Waals surface area contributed by atoms with E-state index >= 15 is 0 Å². The van der Waals surface area contributed by atoms with Gasteiger partial charge in [-0.25, -0.2) is 0 Å². The van der Waals surface area contributed by atoms with Gasteiger partial charge in [-0.05, 0) is 87.1 Å². The Morgan fingerprint density at radius 3 is 2.30 bits per heavy atom. The standard InChI is InChI=1S/C30H35N5.C2H6/c1-10-23-13-28-26(15-25(23)24-12-11-20(6)27(14-24)32-18(2)3)30(21(7)16-31-28)35(19(4)5)29-17-34(9)33-22(29)8;1-2/h11-17,32H,2,4,10H2,1,3,5-9H3;1-2H3. The first-order chi connectivity index (χ1) is 17.6. The van der Waals surface area contributed by atoms with Gasteiger partial charge in [0, 0.05) is 41.9 Å². The van der Waals surface area contributed by atoms with Crippen molar-refractivity contribution in [3.8, 4) is 11.1 Å². The highest BCUT2D eigenvalue weighted by Gasteiger charge is 2.21. The lowest BCUT2D eigenvalue weighted by Crippen LogP contribution is -2.16. The van der Waals surface area contributed by atoms with Gasteiger partial charge in [-0.3, -0.25) is 9.67 Å². The first kappa shape index (κ1) is 27.7. The smallest absolute Gasteiger partial charge is 0.0870 e. The summed E-state index contributed by atoms with van der Waals surface area (Å²) in [4.78, 5) is 7.03. The Bertz CT molecular complexity index is 1460. The lowest BCUT2D eigenvalue weighted by Gasteiger charge is -2.28. The van der Waals surface area contributed by atoms with E-state index < -0.39 is 0 Å². The van der Waals surface area contributed by atoms with Crippen molar-refractivity contribution in [3.63, 3.8) is 0 Å². The number of nitrogens with one attached hydrogen (secondary N) is 1. The number of hydrogen-bond donors (Lipinski definition) is 1. The SMILES string of the molecule is C=C(C)Nc1cc(-c2cc3c(N(C(=C)C)c4cn(C)nc4C)c(C)cnc3cc2CC)ccc1C.CC. The zero-order valence-corrected chi connectivity index (χ0v) is 24.0. The molecule has 0 aliphatic carbocycles. The fraction of sp³-hybridized carbons (Fsp3) is 0.312. The maximum atomic E-state index is 4.82. The molecule has 4 rings (SSSR count). The molecule has 2 heterocycles. The number of allylic oxidation sites excluding steroid dienone is 2. The molecule has 2 aromatic heterocycles. The van der Waals surface area contributed by atoms with Crippen LogP contribution in [-0.4, -0.2) is 14.8 Å². The summed E-state index contributed by atoms with van der Waals surface area (Å²) < 4.78 is 1.85. The first-order valence-corrected chi connectivity index (χ1v) is 13.0. The summed E-state index contributed by atoms with van der Waals surface area (Å²) in [5.41, 5.74) is 12.9. The van der Waals surface area contributed by atoms with Gasteiger partial charge in [0.25, 0.3) is 0 Å². The molecule has 5 nitrogen and oxygen atoms in total. The van der Waals surface area contributed by atoms with Gasteiger partial charge in [0.2, 0.25) is 0 Å². The number of aryl methyl sites for hydroxylation is 5. The van der Waals surface area contributed by atoms with Crippen LogP contribution in [-0.2, 0) is 13.5 Å². The fourth-order valence-corrected chi connectivity index (χ4v) is 4.70. The van der Waals surface area contributed by atoms with Crippen molar-refractivity contribution in [2.24, 2.45) is 7.05 Å². The largest absolute Gasteiger partial charge is 0.359 e. The molecule has 0 saturated carbocycles. The topological polar surface area (TPSA) is 46.0 Å². The van der Waals surface area contributed by atoms with Crippen LogP contribution in [0.15, 0.2) is 67.3 Å². The highest BCUT2D eigenvalue weighted by molar-refractivity contribution is 6.00. The molecular formula is C32H41N5. The second-order valence-corrected chi connectivity index (χ2v) is 9.45. The normalized spacial score (nSPS) is 10.6. The Morgan fingerprint density at radius 1 is 1.03 bits per heavy atom. The molecule has 0 saturated heterocycles. The van der Waals surface area contributed by atoms with Gasteiger partial charge in [-0.1, -0.05) is 46.1 Å². The molecule has 194 valence electrons. The minimum absolute atomic E-state index is 0.916. The van der Waals surface area contributed by atoms with Crippen LogP contribution in [0, 0.1) is 20.8 Å². The number of hydrogen-bond acceptors (Lipinski definition) is 4. The highest BCUT2D eigenvalue weighted by Crippen LogP contribution is 2.41. The highest BCUT2D eigenvalue weighted by atomic mass is 15.3. The number of anilines is 3. The molecule has 0 atom stereocenters. The molecule has 0 spiro atoms. The molecule has 37 heavy (non-hydrogen) atoms. The van der Waals surface area contributed by atoms with Crippen molar-refractivity contribution >= 4 is 28.0 Å². The van der Waals surface area contributed by atoms with Gasteiger partial charge in [0.05, 0.1) is 22.6 Å². The van der Waals surface area contributed by atoms with Crippen LogP contribution in [0.3, 0.4) is 0 Å². The molecule has 0 radical (unpaired) electrons. The van der Waals surface area contributed by atoms with Crippen molar-refractivity contribution < 1.29 is 0 Å². The predicted molar refractivity (Wildman–Crippen MR) is 161 cm³/mol. The molecule has 0 aliphatic heterocycles. The second-order valence-electron chi connectivity index (χ2n) is 9.45. The van der Waals surface area contributed by atoms with Gasteiger partial charge < -0.3 is 10.2 Å². The maximum absolute atomic E-state index is 4.82. The summed E-state index contributed by atoms with van der Waals surface area (Å²) in [6.07, 6.45) is 4.92. The van der Waals surface area contributed by atoms with E-state index in [4.69, 9.17) is 4.98 Å². The van der Waals surface area contributed by atoms with Crippen molar-refractivity contribution in [1.82, 2.24) is 14.8 Å². The molecule has 1 N–H and O–H groups in total. The molecule has 0 fully saturated rings. The molecule has 4 aromatic rings. The minimum atomic E-state index is 0.916. The number of benzene rings is 2. The van der Waals surface area contributed by atoms with Crippen molar-refractivity contribution in [1.29, 1.82) is 0 Å². The second kappa shape index (κ2) is 11.5. The lowest BCUT2D eigenvalue weighted by molar-refractivity contribution is 0.756. The van der Waals surface area contributed by atoms with Crippen molar-refractivity contribution in [2.75, 3.05) is 10.2 Å². The number of nitrogens with zero attached hydrogens (tertiary/aromatic N) is 4. The molecule has 0 aliphatic rings.